The summed E-state index contributed by atoms with van der Waals surface area (Å²) in [5, 5.41) is 3.05. The SMILES string of the molecule is CCOc1ccc(Cl)cc1S(=O)(=O)N(C)CC(=O)NC1CC1. The highest BCUT2D eigenvalue weighted by molar-refractivity contribution is 7.89. The molecule has 2 rings (SSSR count). The van der Waals surface area contributed by atoms with Crippen LogP contribution >= 0.6 is 11.6 Å². The molecule has 0 aromatic heterocycles. The standard InChI is InChI=1S/C14H19ClN2O4S/c1-3-21-12-7-4-10(15)8-13(12)22(19,20)17(2)9-14(18)16-11-5-6-11/h4,7-8,11H,3,5-6,9H2,1-2H3,(H,16,18). The van der Waals surface area contributed by atoms with E-state index in [-0.39, 0.29) is 34.2 Å². The molecule has 122 valence electrons. The number of sulfonamides is 1. The smallest absolute Gasteiger partial charge is 0.247 e. The Morgan fingerprint density at radius 3 is 2.73 bits per heavy atom. The topological polar surface area (TPSA) is 75.7 Å². The van der Waals surface area contributed by atoms with Crippen molar-refractivity contribution in [3.05, 3.63) is 23.2 Å². The summed E-state index contributed by atoms with van der Waals surface area (Å²) in [5.74, 6) is -0.0880. The fourth-order valence-electron chi connectivity index (χ4n) is 1.91. The van der Waals surface area contributed by atoms with E-state index in [1.54, 1.807) is 13.0 Å². The minimum atomic E-state index is -3.86. The largest absolute Gasteiger partial charge is 0.492 e. The summed E-state index contributed by atoms with van der Waals surface area (Å²) < 4.78 is 31.6. The van der Waals surface area contributed by atoms with E-state index < -0.39 is 10.0 Å². The van der Waals surface area contributed by atoms with Gasteiger partial charge in [0.05, 0.1) is 13.2 Å². The Balaban J connectivity index is 2.20. The van der Waals surface area contributed by atoms with E-state index in [1.165, 1.54) is 19.2 Å². The van der Waals surface area contributed by atoms with Gasteiger partial charge in [0.1, 0.15) is 10.6 Å². The van der Waals surface area contributed by atoms with E-state index in [9.17, 15) is 13.2 Å². The summed E-state index contributed by atoms with van der Waals surface area (Å²) in [4.78, 5) is 11.7. The zero-order valence-electron chi connectivity index (χ0n) is 12.5. The highest BCUT2D eigenvalue weighted by Gasteiger charge is 2.29. The molecule has 1 aromatic carbocycles. The molecule has 0 radical (unpaired) electrons. The maximum Gasteiger partial charge on any atom is 0.247 e. The average molecular weight is 347 g/mol. The molecule has 0 aliphatic heterocycles. The molecule has 0 saturated heterocycles. The van der Waals surface area contributed by atoms with Crippen LogP contribution < -0.4 is 10.1 Å². The summed E-state index contributed by atoms with van der Waals surface area (Å²) in [7, 11) is -2.50. The molecule has 0 spiro atoms. The van der Waals surface area contributed by atoms with Crippen LogP contribution in [0.3, 0.4) is 0 Å². The third-order valence-corrected chi connectivity index (χ3v) is 5.26. The van der Waals surface area contributed by atoms with Crippen LogP contribution in [-0.2, 0) is 14.8 Å². The van der Waals surface area contributed by atoms with Crippen molar-refractivity contribution in [3.63, 3.8) is 0 Å². The Labute approximate surface area is 135 Å². The molecule has 1 amide bonds. The van der Waals surface area contributed by atoms with Crippen LogP contribution in [0.25, 0.3) is 0 Å². The number of benzene rings is 1. The summed E-state index contributed by atoms with van der Waals surface area (Å²) in [6, 6.07) is 4.59. The molecule has 1 aliphatic rings. The highest BCUT2D eigenvalue weighted by atomic mass is 35.5. The molecule has 8 heteroatoms. The zero-order chi connectivity index (χ0) is 16.3. The third kappa shape index (κ3) is 4.12. The van der Waals surface area contributed by atoms with Gasteiger partial charge in [0.15, 0.2) is 0 Å². The van der Waals surface area contributed by atoms with E-state index in [1.807, 2.05) is 0 Å². The number of halogens is 1. The Hall–Kier alpha value is -1.31. The van der Waals surface area contributed by atoms with Crippen LogP contribution in [0.2, 0.25) is 5.02 Å². The molecule has 0 bridgehead atoms. The lowest BCUT2D eigenvalue weighted by molar-refractivity contribution is -0.121. The number of nitrogens with one attached hydrogen (secondary N) is 1. The summed E-state index contributed by atoms with van der Waals surface area (Å²) in [5.41, 5.74) is 0. The predicted octanol–water partition coefficient (Wildman–Crippen LogP) is 1.64. The van der Waals surface area contributed by atoms with Gasteiger partial charge < -0.3 is 10.1 Å². The van der Waals surface area contributed by atoms with Gasteiger partial charge in [-0.15, -0.1) is 0 Å². The highest BCUT2D eigenvalue weighted by Crippen LogP contribution is 2.29. The molecule has 0 atom stereocenters. The molecule has 0 heterocycles. The Morgan fingerprint density at radius 2 is 2.14 bits per heavy atom. The number of rotatable bonds is 7. The van der Waals surface area contributed by atoms with Gasteiger partial charge in [-0.05, 0) is 38.0 Å². The normalized spacial score (nSPS) is 14.9. The quantitative estimate of drug-likeness (QED) is 0.814. The molecule has 1 N–H and O–H groups in total. The molecule has 6 nitrogen and oxygen atoms in total. The van der Waals surface area contributed by atoms with E-state index in [4.69, 9.17) is 16.3 Å². The van der Waals surface area contributed by atoms with Crippen molar-refractivity contribution >= 4 is 27.5 Å². The number of ether oxygens (including phenoxy) is 1. The van der Waals surface area contributed by atoms with Crippen molar-refractivity contribution in [2.24, 2.45) is 0 Å². The van der Waals surface area contributed by atoms with Crippen molar-refractivity contribution < 1.29 is 17.9 Å². The van der Waals surface area contributed by atoms with Gasteiger partial charge in [0.25, 0.3) is 0 Å². The second kappa shape index (κ2) is 6.85. The van der Waals surface area contributed by atoms with E-state index in [2.05, 4.69) is 5.32 Å². The first-order valence-electron chi connectivity index (χ1n) is 7.02. The summed E-state index contributed by atoms with van der Waals surface area (Å²) in [6.45, 7) is 1.85. The maximum atomic E-state index is 12.6. The van der Waals surface area contributed by atoms with Crippen molar-refractivity contribution in [1.82, 2.24) is 9.62 Å². The van der Waals surface area contributed by atoms with E-state index >= 15 is 0 Å². The zero-order valence-corrected chi connectivity index (χ0v) is 14.1. The Morgan fingerprint density at radius 1 is 1.45 bits per heavy atom. The van der Waals surface area contributed by atoms with Crippen LogP contribution in [0.4, 0.5) is 0 Å². The lowest BCUT2D eigenvalue weighted by Gasteiger charge is -2.19. The molecule has 22 heavy (non-hydrogen) atoms. The minimum absolute atomic E-state index is 0.0384. The van der Waals surface area contributed by atoms with Crippen LogP contribution in [0, 0.1) is 0 Å². The number of carbonyl (C=O) groups is 1. The first kappa shape index (κ1) is 17.1. The molecule has 1 aliphatic carbocycles. The molecule has 1 saturated carbocycles. The first-order chi connectivity index (χ1) is 10.3. The van der Waals surface area contributed by atoms with Crippen LogP contribution in [0.15, 0.2) is 23.1 Å². The van der Waals surface area contributed by atoms with Gasteiger partial charge in [-0.25, -0.2) is 8.42 Å². The van der Waals surface area contributed by atoms with Crippen LogP contribution in [0.1, 0.15) is 19.8 Å². The summed E-state index contributed by atoms with van der Waals surface area (Å²) in [6.07, 6.45) is 1.90. The van der Waals surface area contributed by atoms with Gasteiger partial charge in [-0.2, -0.15) is 4.31 Å². The first-order valence-corrected chi connectivity index (χ1v) is 8.84. The van der Waals surface area contributed by atoms with Crippen molar-refractivity contribution in [3.8, 4) is 5.75 Å². The number of likely N-dealkylation sites (N-methyl/N-ethyl adjacent to an activating group) is 1. The monoisotopic (exact) mass is 346 g/mol. The lowest BCUT2D eigenvalue weighted by atomic mass is 10.3. The number of hydrogen-bond acceptors (Lipinski definition) is 4. The van der Waals surface area contributed by atoms with Crippen molar-refractivity contribution in [2.45, 2.75) is 30.7 Å². The predicted molar refractivity (Wildman–Crippen MR) is 83.6 cm³/mol. The van der Waals surface area contributed by atoms with Gasteiger partial charge >= 0.3 is 0 Å². The van der Waals surface area contributed by atoms with Gasteiger partial charge in [0, 0.05) is 18.1 Å². The van der Waals surface area contributed by atoms with Crippen LogP contribution in [-0.4, -0.2) is 44.9 Å². The molecule has 1 aromatic rings. The van der Waals surface area contributed by atoms with Gasteiger partial charge in [0.2, 0.25) is 15.9 Å². The fraction of sp³-hybridized carbons (Fsp3) is 0.500. The molecular formula is C14H19ClN2O4S. The van der Waals surface area contributed by atoms with Gasteiger partial charge in [-0.1, -0.05) is 11.6 Å². The second-order valence-electron chi connectivity index (χ2n) is 5.13. The van der Waals surface area contributed by atoms with Gasteiger partial charge in [-0.3, -0.25) is 4.79 Å². The third-order valence-electron chi connectivity index (χ3n) is 3.20. The second-order valence-corrected chi connectivity index (χ2v) is 7.58. The summed E-state index contributed by atoms with van der Waals surface area (Å²) >= 11 is 5.89. The average Bonchev–Trinajstić information content (AvgIpc) is 3.24. The number of hydrogen-bond donors (Lipinski definition) is 1. The van der Waals surface area contributed by atoms with E-state index in [0.717, 1.165) is 17.1 Å². The minimum Gasteiger partial charge on any atom is -0.492 e. The Bertz CT molecular complexity index is 659. The lowest BCUT2D eigenvalue weighted by Crippen LogP contribution is -2.39. The molecular weight excluding hydrogens is 328 g/mol. The number of amides is 1. The molecule has 1 fully saturated rings. The maximum absolute atomic E-state index is 12.6. The molecule has 0 unspecified atom stereocenters. The van der Waals surface area contributed by atoms with Crippen molar-refractivity contribution in [1.29, 1.82) is 0 Å². The Kier molecular flexibility index (Phi) is 5.31. The van der Waals surface area contributed by atoms with Crippen molar-refractivity contribution in [2.75, 3.05) is 20.2 Å². The number of nitrogens with zero attached hydrogens (tertiary/aromatic N) is 1. The fourth-order valence-corrected chi connectivity index (χ4v) is 3.43. The number of carbonyl (C=O) groups excluding carboxylic acids is 1. The van der Waals surface area contributed by atoms with E-state index in [0.29, 0.717) is 6.61 Å². The van der Waals surface area contributed by atoms with Crippen LogP contribution in [0.5, 0.6) is 5.75 Å².